The summed E-state index contributed by atoms with van der Waals surface area (Å²) in [5, 5.41) is 9.81. The molecule has 2 saturated heterocycles. The normalized spacial score (nSPS) is 29.2. The summed E-state index contributed by atoms with van der Waals surface area (Å²) in [5.74, 6) is -0.255. The van der Waals surface area contributed by atoms with Crippen molar-refractivity contribution in [3.63, 3.8) is 0 Å². The van der Waals surface area contributed by atoms with Gasteiger partial charge in [0, 0.05) is 23.9 Å². The molecule has 1 amide bonds. The molecule has 0 spiro atoms. The molecule has 3 rings (SSSR count). The third kappa shape index (κ3) is 2.86. The van der Waals surface area contributed by atoms with E-state index in [1.54, 1.807) is 30.3 Å². The average molecular weight is 351 g/mol. The van der Waals surface area contributed by atoms with Crippen LogP contribution in [0, 0.1) is 5.41 Å². The second kappa shape index (κ2) is 6.48. The third-order valence-corrected chi connectivity index (χ3v) is 7.58. The molecule has 0 aromatic heterocycles. The first kappa shape index (κ1) is 17.4. The molecule has 6 heteroatoms. The quantitative estimate of drug-likeness (QED) is 0.851. The lowest BCUT2D eigenvalue weighted by molar-refractivity contribution is -0.132. The number of benzene rings is 1. The van der Waals surface area contributed by atoms with E-state index in [4.69, 9.17) is 0 Å². The van der Waals surface area contributed by atoms with Gasteiger partial charge in [0.05, 0.1) is 17.3 Å². The van der Waals surface area contributed by atoms with Crippen LogP contribution < -0.4 is 0 Å². The zero-order chi connectivity index (χ0) is 17.4. The van der Waals surface area contributed by atoms with Gasteiger partial charge in [-0.25, -0.2) is 8.42 Å². The molecule has 2 fully saturated rings. The third-order valence-electron chi connectivity index (χ3n) is 5.85. The van der Waals surface area contributed by atoms with Crippen LogP contribution in [0.4, 0.5) is 0 Å². The van der Waals surface area contributed by atoms with Crippen molar-refractivity contribution < 1.29 is 18.3 Å². The fourth-order valence-corrected chi connectivity index (χ4v) is 5.68. The lowest BCUT2D eigenvalue weighted by atomic mass is 9.72. The lowest BCUT2D eigenvalue weighted by Gasteiger charge is -2.34. The molecule has 3 atom stereocenters. The highest BCUT2D eigenvalue weighted by atomic mass is 32.2. The Morgan fingerprint density at radius 3 is 2.58 bits per heavy atom. The van der Waals surface area contributed by atoms with Gasteiger partial charge in [0.2, 0.25) is 5.91 Å². The van der Waals surface area contributed by atoms with Crippen molar-refractivity contribution in [2.45, 2.75) is 56.0 Å². The number of hydrogen-bond acceptors (Lipinski definition) is 4. The minimum absolute atomic E-state index is 0.00938. The molecule has 1 aromatic carbocycles. The van der Waals surface area contributed by atoms with Gasteiger partial charge in [-0.15, -0.1) is 0 Å². The van der Waals surface area contributed by atoms with Crippen molar-refractivity contribution >= 4 is 15.7 Å². The number of carbonyl (C=O) groups excluding carboxylic acids is 1. The fourth-order valence-electron chi connectivity index (χ4n) is 4.43. The first-order chi connectivity index (χ1) is 11.4. The van der Waals surface area contributed by atoms with Crippen molar-refractivity contribution in [2.75, 3.05) is 12.4 Å². The Hall–Kier alpha value is -1.40. The first-order valence-electron chi connectivity index (χ1n) is 8.63. The van der Waals surface area contributed by atoms with E-state index < -0.39 is 9.84 Å². The van der Waals surface area contributed by atoms with Gasteiger partial charge >= 0.3 is 0 Å². The Morgan fingerprint density at radius 1 is 1.29 bits per heavy atom. The van der Waals surface area contributed by atoms with Crippen molar-refractivity contribution in [3.8, 4) is 0 Å². The molecule has 2 aliphatic rings. The molecule has 0 saturated carbocycles. The number of nitrogens with zero attached hydrogens (tertiary/aromatic N) is 1. The van der Waals surface area contributed by atoms with Crippen molar-refractivity contribution in [2.24, 2.45) is 5.41 Å². The number of carbonyl (C=O) groups is 1. The highest BCUT2D eigenvalue weighted by Gasteiger charge is 2.56. The van der Waals surface area contributed by atoms with Gasteiger partial charge < -0.3 is 10.0 Å². The number of fused-ring (bicyclic) bond motifs is 2. The summed E-state index contributed by atoms with van der Waals surface area (Å²) in [6.45, 7) is 2.15. The Labute approximate surface area is 143 Å². The minimum atomic E-state index is -3.44. The summed E-state index contributed by atoms with van der Waals surface area (Å²) in [7, 11) is -3.44. The second-order valence-corrected chi connectivity index (χ2v) is 9.12. The highest BCUT2D eigenvalue weighted by molar-refractivity contribution is 7.91. The van der Waals surface area contributed by atoms with Gasteiger partial charge in [0.25, 0.3) is 0 Å². The maximum absolute atomic E-state index is 12.7. The Kier molecular flexibility index (Phi) is 4.71. The van der Waals surface area contributed by atoms with Gasteiger partial charge in [0.1, 0.15) is 0 Å². The zero-order valence-corrected chi connectivity index (χ0v) is 14.8. The van der Waals surface area contributed by atoms with Crippen LogP contribution in [-0.4, -0.2) is 48.8 Å². The summed E-state index contributed by atoms with van der Waals surface area (Å²) in [6.07, 6.45) is 3.56. The molecule has 2 heterocycles. The van der Waals surface area contributed by atoms with E-state index in [2.05, 4.69) is 6.92 Å². The average Bonchev–Trinajstić information content (AvgIpc) is 3.16. The zero-order valence-electron chi connectivity index (χ0n) is 14.0. The largest absolute Gasteiger partial charge is 0.396 e. The van der Waals surface area contributed by atoms with Gasteiger partial charge in [-0.05, 0) is 37.8 Å². The van der Waals surface area contributed by atoms with Gasteiger partial charge in [0.15, 0.2) is 9.84 Å². The summed E-state index contributed by atoms with van der Waals surface area (Å²) >= 11 is 0. The summed E-state index contributed by atoms with van der Waals surface area (Å²) in [6, 6.07) is 8.49. The first-order valence-corrected chi connectivity index (χ1v) is 10.3. The van der Waals surface area contributed by atoms with E-state index in [1.165, 1.54) is 0 Å². The molecule has 0 aliphatic carbocycles. The Morgan fingerprint density at radius 2 is 2.00 bits per heavy atom. The number of rotatable bonds is 6. The SMILES string of the molecule is CC[C@@]1(CO)C[C@@H]2CC[C@H]1N2C(=O)CCS(=O)(=O)c1ccccc1. The van der Waals surface area contributed by atoms with Gasteiger partial charge in [-0.3, -0.25) is 4.79 Å². The maximum atomic E-state index is 12.7. The van der Waals surface area contributed by atoms with Crippen LogP contribution in [0.25, 0.3) is 0 Å². The Balaban J connectivity index is 1.68. The van der Waals surface area contributed by atoms with Gasteiger partial charge in [-0.2, -0.15) is 0 Å². The van der Waals surface area contributed by atoms with Crippen LogP contribution in [0.1, 0.15) is 39.0 Å². The highest BCUT2D eigenvalue weighted by Crippen LogP contribution is 2.51. The van der Waals surface area contributed by atoms with Crippen LogP contribution in [0.15, 0.2) is 35.2 Å². The molecule has 1 N–H and O–H groups in total. The predicted octanol–water partition coefficient (Wildman–Crippen LogP) is 2.00. The number of amides is 1. The van der Waals surface area contributed by atoms with E-state index in [0.717, 1.165) is 25.7 Å². The number of sulfone groups is 1. The van der Waals surface area contributed by atoms with Crippen molar-refractivity contribution in [1.82, 2.24) is 4.90 Å². The van der Waals surface area contributed by atoms with E-state index in [9.17, 15) is 18.3 Å². The minimum Gasteiger partial charge on any atom is -0.396 e. The van der Waals surface area contributed by atoms with Crippen LogP contribution >= 0.6 is 0 Å². The molecule has 1 aromatic rings. The Bertz CT molecular complexity index is 697. The van der Waals surface area contributed by atoms with E-state index in [-0.39, 0.29) is 47.1 Å². The second-order valence-electron chi connectivity index (χ2n) is 7.01. The summed E-state index contributed by atoms with van der Waals surface area (Å²) in [4.78, 5) is 14.8. The smallest absolute Gasteiger partial charge is 0.224 e. The fraction of sp³-hybridized carbons (Fsp3) is 0.611. The summed E-state index contributed by atoms with van der Waals surface area (Å²) < 4.78 is 24.7. The molecule has 2 aliphatic heterocycles. The topological polar surface area (TPSA) is 74.7 Å². The lowest BCUT2D eigenvalue weighted by Crippen LogP contribution is -2.42. The molecular formula is C18H25NO4S. The van der Waals surface area contributed by atoms with Crippen LogP contribution in [0.5, 0.6) is 0 Å². The molecule has 5 nitrogen and oxygen atoms in total. The van der Waals surface area contributed by atoms with E-state index in [0.29, 0.717) is 0 Å². The van der Waals surface area contributed by atoms with E-state index in [1.807, 2.05) is 4.90 Å². The maximum Gasteiger partial charge on any atom is 0.224 e. The van der Waals surface area contributed by atoms with Crippen LogP contribution in [0.2, 0.25) is 0 Å². The monoisotopic (exact) mass is 351 g/mol. The van der Waals surface area contributed by atoms with Crippen LogP contribution in [-0.2, 0) is 14.6 Å². The number of aliphatic hydroxyl groups excluding tert-OH is 1. The van der Waals surface area contributed by atoms with E-state index >= 15 is 0 Å². The predicted molar refractivity (Wildman–Crippen MR) is 91.2 cm³/mol. The van der Waals surface area contributed by atoms with Gasteiger partial charge in [-0.1, -0.05) is 25.1 Å². The molecule has 24 heavy (non-hydrogen) atoms. The van der Waals surface area contributed by atoms with Crippen LogP contribution in [0.3, 0.4) is 0 Å². The standard InChI is InChI=1S/C18H25NO4S/c1-2-18(13-20)12-14-8-9-16(18)19(14)17(21)10-11-24(22,23)15-6-4-3-5-7-15/h3-7,14,16,20H,2,8-13H2,1H3/t14-,16+,18-/m0/s1. The summed E-state index contributed by atoms with van der Waals surface area (Å²) in [5.41, 5.74) is -0.198. The van der Waals surface area contributed by atoms with Crippen molar-refractivity contribution in [3.05, 3.63) is 30.3 Å². The van der Waals surface area contributed by atoms with Crippen molar-refractivity contribution in [1.29, 1.82) is 0 Å². The molecule has 2 bridgehead atoms. The molecule has 132 valence electrons. The number of aliphatic hydroxyl groups is 1. The molecule has 0 unspecified atom stereocenters. The molecular weight excluding hydrogens is 326 g/mol. The number of hydrogen-bond donors (Lipinski definition) is 1. The molecule has 0 radical (unpaired) electrons.